The maximum absolute atomic E-state index is 13.4. The van der Waals surface area contributed by atoms with Crippen molar-refractivity contribution in [2.24, 2.45) is 0 Å². The molecule has 0 atom stereocenters. The first-order valence-corrected chi connectivity index (χ1v) is 12.6. The number of likely N-dealkylation sites (tertiary alicyclic amines) is 1. The Balaban J connectivity index is 1.17. The Kier molecular flexibility index (Phi) is 7.76. The number of ether oxygens (including phenoxy) is 1. The fraction of sp³-hybridized carbons (Fsp3) is 0.345. The summed E-state index contributed by atoms with van der Waals surface area (Å²) in [5.41, 5.74) is 4.33. The van der Waals surface area contributed by atoms with Gasteiger partial charge in [0.1, 0.15) is 24.8 Å². The van der Waals surface area contributed by atoms with E-state index in [9.17, 15) is 8.78 Å². The molecule has 0 saturated carbocycles. The lowest BCUT2D eigenvalue weighted by atomic mass is 10.0. The second-order valence-electron chi connectivity index (χ2n) is 9.33. The van der Waals surface area contributed by atoms with Crippen LogP contribution in [0.25, 0.3) is 11.0 Å². The van der Waals surface area contributed by atoms with Crippen molar-refractivity contribution in [2.45, 2.75) is 31.8 Å². The second-order valence-corrected chi connectivity index (χ2v) is 9.33. The van der Waals surface area contributed by atoms with Gasteiger partial charge in [-0.1, -0.05) is 36.4 Å². The van der Waals surface area contributed by atoms with Crippen molar-refractivity contribution in [3.8, 4) is 5.75 Å². The van der Waals surface area contributed by atoms with Crippen molar-refractivity contribution in [2.75, 3.05) is 38.2 Å². The number of fused-ring (bicyclic) bond motifs is 1. The molecule has 1 fully saturated rings. The van der Waals surface area contributed by atoms with Crippen LogP contribution in [0.4, 0.5) is 14.7 Å². The molecule has 7 heteroatoms. The third kappa shape index (κ3) is 6.02. The number of aromatic nitrogens is 2. The molecule has 1 aliphatic heterocycles. The van der Waals surface area contributed by atoms with E-state index < -0.39 is 6.67 Å². The topological polar surface area (TPSA) is 42.3 Å². The van der Waals surface area contributed by atoms with Crippen LogP contribution in [0.3, 0.4) is 0 Å². The van der Waals surface area contributed by atoms with E-state index in [0.717, 1.165) is 61.4 Å². The van der Waals surface area contributed by atoms with E-state index in [-0.39, 0.29) is 12.4 Å². The maximum atomic E-state index is 13.4. The molecule has 2 heterocycles. The van der Waals surface area contributed by atoms with Gasteiger partial charge in [0.2, 0.25) is 5.95 Å². The number of hydrogen-bond acceptors (Lipinski definition) is 4. The Morgan fingerprint density at radius 2 is 1.64 bits per heavy atom. The van der Waals surface area contributed by atoms with Crippen LogP contribution in [0, 0.1) is 5.82 Å². The van der Waals surface area contributed by atoms with Gasteiger partial charge in [-0.2, -0.15) is 0 Å². The van der Waals surface area contributed by atoms with E-state index in [1.54, 1.807) is 0 Å². The number of para-hydroxylation sites is 2. The summed E-state index contributed by atoms with van der Waals surface area (Å²) < 4.78 is 33.2. The SMILES string of the molecule is FCCOc1ccc(CCN2CCC(Nc3nc4ccccc4n3Cc3ccc(F)cc3)CC2)cc1. The van der Waals surface area contributed by atoms with Crippen molar-refractivity contribution in [1.29, 1.82) is 0 Å². The monoisotopic (exact) mass is 490 g/mol. The third-order valence-electron chi connectivity index (χ3n) is 6.82. The van der Waals surface area contributed by atoms with Crippen LogP contribution in [0.1, 0.15) is 24.0 Å². The molecule has 0 radical (unpaired) electrons. The number of rotatable bonds is 10. The number of hydrogen-bond donors (Lipinski definition) is 1. The molecule has 1 saturated heterocycles. The molecule has 36 heavy (non-hydrogen) atoms. The molecule has 188 valence electrons. The van der Waals surface area contributed by atoms with Gasteiger partial charge in [0.05, 0.1) is 17.6 Å². The van der Waals surface area contributed by atoms with Gasteiger partial charge in [0.25, 0.3) is 0 Å². The molecule has 1 aromatic heterocycles. The van der Waals surface area contributed by atoms with Crippen molar-refractivity contribution >= 4 is 17.0 Å². The molecule has 0 spiro atoms. The Labute approximate surface area is 210 Å². The molecular formula is C29H32F2N4O. The van der Waals surface area contributed by atoms with Crippen LogP contribution in [0.5, 0.6) is 5.75 Å². The predicted molar refractivity (Wildman–Crippen MR) is 140 cm³/mol. The summed E-state index contributed by atoms with van der Waals surface area (Å²) in [6.45, 7) is 3.35. The van der Waals surface area contributed by atoms with E-state index in [2.05, 4.69) is 33.0 Å². The number of halogens is 2. The number of alkyl halides is 1. The molecule has 0 amide bonds. The second kappa shape index (κ2) is 11.5. The summed E-state index contributed by atoms with van der Waals surface area (Å²) in [5, 5.41) is 3.70. The minimum Gasteiger partial charge on any atom is -0.491 e. The van der Waals surface area contributed by atoms with Crippen LogP contribution >= 0.6 is 0 Å². The lowest BCUT2D eigenvalue weighted by Gasteiger charge is -2.32. The average molecular weight is 491 g/mol. The van der Waals surface area contributed by atoms with Crippen molar-refractivity contribution in [1.82, 2.24) is 14.5 Å². The van der Waals surface area contributed by atoms with Gasteiger partial charge in [-0.05, 0) is 66.8 Å². The number of nitrogens with one attached hydrogen (secondary N) is 1. The summed E-state index contributed by atoms with van der Waals surface area (Å²) in [7, 11) is 0. The van der Waals surface area contributed by atoms with Gasteiger partial charge in [-0.15, -0.1) is 0 Å². The summed E-state index contributed by atoms with van der Waals surface area (Å²) in [4.78, 5) is 7.38. The van der Waals surface area contributed by atoms with Crippen LogP contribution in [-0.4, -0.2) is 53.4 Å². The summed E-state index contributed by atoms with van der Waals surface area (Å²) >= 11 is 0. The molecule has 5 nitrogen and oxygen atoms in total. The molecule has 1 N–H and O–H groups in total. The van der Waals surface area contributed by atoms with Crippen LogP contribution in [0.2, 0.25) is 0 Å². The van der Waals surface area contributed by atoms with Gasteiger partial charge in [0.15, 0.2) is 0 Å². The first kappa shape index (κ1) is 24.3. The first-order valence-electron chi connectivity index (χ1n) is 12.6. The van der Waals surface area contributed by atoms with Crippen LogP contribution in [0.15, 0.2) is 72.8 Å². The Morgan fingerprint density at radius 3 is 2.39 bits per heavy atom. The first-order chi connectivity index (χ1) is 17.7. The Bertz CT molecular complexity index is 1250. The molecule has 4 aromatic rings. The van der Waals surface area contributed by atoms with Crippen molar-refractivity contribution in [3.05, 3.63) is 89.7 Å². The van der Waals surface area contributed by atoms with Crippen molar-refractivity contribution < 1.29 is 13.5 Å². The lowest BCUT2D eigenvalue weighted by Crippen LogP contribution is -2.40. The zero-order chi connectivity index (χ0) is 24.7. The smallest absolute Gasteiger partial charge is 0.204 e. The third-order valence-corrected chi connectivity index (χ3v) is 6.82. The highest BCUT2D eigenvalue weighted by atomic mass is 19.1. The highest BCUT2D eigenvalue weighted by Gasteiger charge is 2.21. The Morgan fingerprint density at radius 1 is 0.917 bits per heavy atom. The quantitative estimate of drug-likeness (QED) is 0.310. The van der Waals surface area contributed by atoms with Gasteiger partial charge < -0.3 is 19.5 Å². The zero-order valence-corrected chi connectivity index (χ0v) is 20.4. The van der Waals surface area contributed by atoms with E-state index in [1.165, 1.54) is 17.7 Å². The number of nitrogens with zero attached hydrogens (tertiary/aromatic N) is 3. The molecule has 5 rings (SSSR count). The van der Waals surface area contributed by atoms with E-state index in [0.29, 0.717) is 18.3 Å². The summed E-state index contributed by atoms with van der Waals surface area (Å²) in [6, 6.07) is 23.1. The molecule has 0 unspecified atom stereocenters. The van der Waals surface area contributed by atoms with Crippen molar-refractivity contribution in [3.63, 3.8) is 0 Å². The lowest BCUT2D eigenvalue weighted by molar-refractivity contribution is 0.221. The highest BCUT2D eigenvalue weighted by Crippen LogP contribution is 2.24. The average Bonchev–Trinajstić information content (AvgIpc) is 3.25. The number of benzene rings is 3. The number of piperidine rings is 1. The van der Waals surface area contributed by atoms with Gasteiger partial charge in [-0.3, -0.25) is 0 Å². The standard InChI is InChI=1S/C29H32F2N4O/c30-16-20-36-26-11-7-22(8-12-26)13-17-34-18-14-25(15-19-34)32-29-33-27-3-1-2-4-28(27)35(29)21-23-5-9-24(31)10-6-23/h1-12,25H,13-21H2,(H,32,33). The van der Waals surface area contributed by atoms with E-state index in [4.69, 9.17) is 9.72 Å². The zero-order valence-electron chi connectivity index (χ0n) is 20.4. The van der Waals surface area contributed by atoms with Gasteiger partial charge in [-0.25, -0.2) is 13.8 Å². The van der Waals surface area contributed by atoms with E-state index >= 15 is 0 Å². The minimum absolute atomic E-state index is 0.102. The molecule has 0 bridgehead atoms. The molecule has 0 aliphatic carbocycles. The maximum Gasteiger partial charge on any atom is 0.204 e. The molecule has 3 aromatic carbocycles. The van der Waals surface area contributed by atoms with Crippen LogP contribution < -0.4 is 10.1 Å². The largest absolute Gasteiger partial charge is 0.491 e. The number of imidazole rings is 1. The predicted octanol–water partition coefficient (Wildman–Crippen LogP) is 5.69. The fourth-order valence-electron chi connectivity index (χ4n) is 4.80. The molecular weight excluding hydrogens is 458 g/mol. The summed E-state index contributed by atoms with van der Waals surface area (Å²) in [6.07, 6.45) is 3.08. The highest BCUT2D eigenvalue weighted by molar-refractivity contribution is 5.78. The number of anilines is 1. The molecule has 1 aliphatic rings. The van der Waals surface area contributed by atoms with Gasteiger partial charge in [0, 0.05) is 25.7 Å². The summed E-state index contributed by atoms with van der Waals surface area (Å²) in [5.74, 6) is 1.36. The fourth-order valence-corrected chi connectivity index (χ4v) is 4.80. The minimum atomic E-state index is -0.473. The van der Waals surface area contributed by atoms with Gasteiger partial charge >= 0.3 is 0 Å². The van der Waals surface area contributed by atoms with Crippen LogP contribution in [-0.2, 0) is 13.0 Å². The Hall–Kier alpha value is -3.45. The normalized spacial score (nSPS) is 14.8. The van der Waals surface area contributed by atoms with E-state index in [1.807, 2.05) is 42.5 Å².